The van der Waals surface area contributed by atoms with E-state index in [0.717, 1.165) is 0 Å². The normalized spacial score (nSPS) is 16.4. The predicted molar refractivity (Wildman–Crippen MR) is 75.8 cm³/mol. The fraction of sp³-hybridized carbons (Fsp3) is 0. The highest BCUT2D eigenvalue weighted by Gasteiger charge is 2.26. The van der Waals surface area contributed by atoms with Gasteiger partial charge < -0.3 is 9.15 Å². The van der Waals surface area contributed by atoms with Gasteiger partial charge in [-0.3, -0.25) is 0 Å². The summed E-state index contributed by atoms with van der Waals surface area (Å²) >= 11 is 12.0. The van der Waals surface area contributed by atoms with Crippen molar-refractivity contribution in [2.45, 2.75) is 0 Å². The third kappa shape index (κ3) is 2.35. The molecule has 3 rings (SSSR count). The molecule has 0 N–H and O–H groups in total. The molecule has 1 aliphatic heterocycles. The molecule has 6 heteroatoms. The van der Waals surface area contributed by atoms with Crippen LogP contribution in [0.3, 0.4) is 0 Å². The molecule has 1 aliphatic rings. The van der Waals surface area contributed by atoms with Gasteiger partial charge in [-0.2, -0.15) is 0 Å². The van der Waals surface area contributed by atoms with E-state index in [1.807, 2.05) is 0 Å². The van der Waals surface area contributed by atoms with Crippen LogP contribution >= 0.6 is 23.2 Å². The van der Waals surface area contributed by atoms with E-state index in [2.05, 4.69) is 4.99 Å². The Hall–Kier alpha value is -2.04. The van der Waals surface area contributed by atoms with Gasteiger partial charge in [0.05, 0.1) is 21.9 Å². The zero-order valence-electron chi connectivity index (χ0n) is 9.97. The Kier molecular flexibility index (Phi) is 3.34. The lowest BCUT2D eigenvalue weighted by Gasteiger charge is -2.03. The van der Waals surface area contributed by atoms with Crippen LogP contribution in [0.25, 0.3) is 6.08 Å². The van der Waals surface area contributed by atoms with E-state index in [4.69, 9.17) is 32.4 Å². The van der Waals surface area contributed by atoms with Crippen LogP contribution in [0.1, 0.15) is 11.3 Å². The van der Waals surface area contributed by atoms with Gasteiger partial charge in [-0.05, 0) is 24.3 Å². The standard InChI is InChI=1S/C14H7Cl2NO3/c15-10-5-1-4-9(12(10)16)13-17-11(14(18)20-13)7-8-3-2-6-19-8/h1-7H/b11-7+. The molecule has 0 bridgehead atoms. The van der Waals surface area contributed by atoms with Crippen LogP contribution < -0.4 is 0 Å². The van der Waals surface area contributed by atoms with Crippen molar-refractivity contribution >= 4 is 41.1 Å². The number of benzene rings is 1. The first-order valence-corrected chi connectivity index (χ1v) is 6.41. The third-order valence-corrected chi connectivity index (χ3v) is 3.44. The topological polar surface area (TPSA) is 51.8 Å². The molecule has 0 amide bonds. The van der Waals surface area contributed by atoms with Gasteiger partial charge in [-0.15, -0.1) is 0 Å². The molecular formula is C14H7Cl2NO3. The summed E-state index contributed by atoms with van der Waals surface area (Å²) in [7, 11) is 0. The highest BCUT2D eigenvalue weighted by molar-refractivity contribution is 6.44. The molecule has 0 radical (unpaired) electrons. The number of hydrogen-bond donors (Lipinski definition) is 0. The van der Waals surface area contributed by atoms with Crippen molar-refractivity contribution in [3.8, 4) is 0 Å². The highest BCUT2D eigenvalue weighted by atomic mass is 35.5. The zero-order valence-corrected chi connectivity index (χ0v) is 11.5. The molecule has 2 aromatic rings. The Balaban J connectivity index is 2.00. The monoisotopic (exact) mass is 307 g/mol. The van der Waals surface area contributed by atoms with E-state index in [-0.39, 0.29) is 11.6 Å². The second-order valence-electron chi connectivity index (χ2n) is 3.95. The lowest BCUT2D eigenvalue weighted by Crippen LogP contribution is -2.06. The number of hydrogen-bond acceptors (Lipinski definition) is 4. The maximum atomic E-state index is 11.8. The van der Waals surface area contributed by atoms with E-state index in [0.29, 0.717) is 21.4 Å². The van der Waals surface area contributed by atoms with Crippen molar-refractivity contribution < 1.29 is 13.9 Å². The number of esters is 1. The van der Waals surface area contributed by atoms with Gasteiger partial charge in [-0.1, -0.05) is 29.3 Å². The minimum Gasteiger partial charge on any atom is -0.465 e. The van der Waals surface area contributed by atoms with Crippen molar-refractivity contribution in [3.05, 3.63) is 63.7 Å². The Bertz CT molecular complexity index is 733. The zero-order chi connectivity index (χ0) is 14.1. The van der Waals surface area contributed by atoms with Crippen LogP contribution in [0.5, 0.6) is 0 Å². The van der Waals surface area contributed by atoms with Gasteiger partial charge in [0.25, 0.3) is 0 Å². The first-order valence-electron chi connectivity index (χ1n) is 5.65. The van der Waals surface area contributed by atoms with Gasteiger partial charge in [-0.25, -0.2) is 9.79 Å². The molecule has 1 aromatic heterocycles. The smallest absolute Gasteiger partial charge is 0.363 e. The fourth-order valence-electron chi connectivity index (χ4n) is 1.70. The van der Waals surface area contributed by atoms with Crippen molar-refractivity contribution in [1.29, 1.82) is 0 Å². The van der Waals surface area contributed by atoms with E-state index in [1.165, 1.54) is 12.3 Å². The summed E-state index contributed by atoms with van der Waals surface area (Å²) < 4.78 is 10.2. The van der Waals surface area contributed by atoms with Crippen molar-refractivity contribution in [2.24, 2.45) is 4.99 Å². The fourth-order valence-corrected chi connectivity index (χ4v) is 2.08. The average Bonchev–Trinajstić information content (AvgIpc) is 3.04. The summed E-state index contributed by atoms with van der Waals surface area (Å²) in [4.78, 5) is 15.9. The Morgan fingerprint density at radius 3 is 2.75 bits per heavy atom. The molecule has 0 fully saturated rings. The van der Waals surface area contributed by atoms with Crippen molar-refractivity contribution in [3.63, 3.8) is 0 Å². The molecular weight excluding hydrogens is 301 g/mol. The molecule has 100 valence electrons. The highest BCUT2D eigenvalue weighted by Crippen LogP contribution is 2.29. The summed E-state index contributed by atoms with van der Waals surface area (Å²) in [6.07, 6.45) is 3.00. The largest absolute Gasteiger partial charge is 0.465 e. The lowest BCUT2D eigenvalue weighted by atomic mass is 10.2. The summed E-state index contributed by atoms with van der Waals surface area (Å²) in [5.74, 6) is 0.0758. The Labute approximate surface area is 124 Å². The number of aliphatic imine (C=N–C) groups is 1. The van der Waals surface area contributed by atoms with Gasteiger partial charge in [0.1, 0.15) is 5.76 Å². The van der Waals surface area contributed by atoms with Gasteiger partial charge in [0.2, 0.25) is 5.90 Å². The number of cyclic esters (lactones) is 1. The van der Waals surface area contributed by atoms with Crippen molar-refractivity contribution in [1.82, 2.24) is 0 Å². The minimum absolute atomic E-state index is 0.125. The SMILES string of the molecule is O=C1OC(c2cccc(Cl)c2Cl)=N/C1=C/c1ccco1. The number of ether oxygens (including phenoxy) is 1. The van der Waals surface area contributed by atoms with Crippen LogP contribution in [0.4, 0.5) is 0 Å². The van der Waals surface area contributed by atoms with Gasteiger partial charge >= 0.3 is 5.97 Å². The second kappa shape index (κ2) is 5.15. The van der Waals surface area contributed by atoms with Crippen molar-refractivity contribution in [2.75, 3.05) is 0 Å². The molecule has 1 aromatic carbocycles. The molecule has 20 heavy (non-hydrogen) atoms. The van der Waals surface area contributed by atoms with Crippen LogP contribution in [-0.2, 0) is 9.53 Å². The van der Waals surface area contributed by atoms with Gasteiger partial charge in [0, 0.05) is 6.08 Å². The number of carbonyl (C=O) groups is 1. The summed E-state index contributed by atoms with van der Waals surface area (Å²) in [5, 5.41) is 0.659. The number of carbonyl (C=O) groups excluding carboxylic acids is 1. The summed E-state index contributed by atoms with van der Waals surface area (Å²) in [6.45, 7) is 0. The Morgan fingerprint density at radius 2 is 2.00 bits per heavy atom. The second-order valence-corrected chi connectivity index (χ2v) is 4.74. The van der Waals surface area contributed by atoms with E-state index in [1.54, 1.807) is 30.3 Å². The van der Waals surface area contributed by atoms with Crippen LogP contribution in [-0.4, -0.2) is 11.9 Å². The Morgan fingerprint density at radius 1 is 1.15 bits per heavy atom. The third-order valence-electron chi connectivity index (χ3n) is 2.62. The molecule has 0 saturated heterocycles. The molecule has 2 heterocycles. The molecule has 0 atom stereocenters. The first-order chi connectivity index (χ1) is 9.65. The average molecular weight is 308 g/mol. The number of nitrogens with zero attached hydrogens (tertiary/aromatic N) is 1. The van der Waals surface area contributed by atoms with E-state index < -0.39 is 5.97 Å². The summed E-state index contributed by atoms with van der Waals surface area (Å²) in [6, 6.07) is 8.44. The number of halogens is 2. The maximum absolute atomic E-state index is 11.8. The van der Waals surface area contributed by atoms with Gasteiger partial charge in [0.15, 0.2) is 5.70 Å². The maximum Gasteiger partial charge on any atom is 0.363 e. The molecule has 0 unspecified atom stereocenters. The molecule has 0 aliphatic carbocycles. The molecule has 0 spiro atoms. The lowest BCUT2D eigenvalue weighted by molar-refractivity contribution is -0.129. The van der Waals surface area contributed by atoms with E-state index >= 15 is 0 Å². The quantitative estimate of drug-likeness (QED) is 0.624. The number of rotatable bonds is 2. The minimum atomic E-state index is -0.563. The number of furan rings is 1. The van der Waals surface area contributed by atoms with Crippen LogP contribution in [0, 0.1) is 0 Å². The molecule has 4 nitrogen and oxygen atoms in total. The summed E-state index contributed by atoms with van der Waals surface area (Å²) in [5.41, 5.74) is 0.612. The predicted octanol–water partition coefficient (Wildman–Crippen LogP) is 3.93. The van der Waals surface area contributed by atoms with E-state index in [9.17, 15) is 4.79 Å². The van der Waals surface area contributed by atoms with Crippen LogP contribution in [0.15, 0.2) is 51.7 Å². The first kappa shape index (κ1) is 13.0. The van der Waals surface area contributed by atoms with Crippen LogP contribution in [0.2, 0.25) is 10.0 Å². The molecule has 0 saturated carbocycles.